The van der Waals surface area contributed by atoms with Gasteiger partial charge in [-0.05, 0) is 49.9 Å². The van der Waals surface area contributed by atoms with Crippen molar-refractivity contribution in [1.82, 2.24) is 4.98 Å². The van der Waals surface area contributed by atoms with Gasteiger partial charge in [0.1, 0.15) is 0 Å². The molecule has 20 heavy (non-hydrogen) atoms. The van der Waals surface area contributed by atoms with Gasteiger partial charge in [-0.25, -0.2) is 0 Å². The lowest BCUT2D eigenvalue weighted by molar-refractivity contribution is 0.716. The van der Waals surface area contributed by atoms with Crippen molar-refractivity contribution in [3.63, 3.8) is 0 Å². The molecule has 0 bridgehead atoms. The van der Waals surface area contributed by atoms with E-state index in [0.717, 1.165) is 19.3 Å². The van der Waals surface area contributed by atoms with E-state index in [4.69, 9.17) is 4.98 Å². The zero-order valence-electron chi connectivity index (χ0n) is 13.1. The molecular weight excluding hydrogens is 242 g/mol. The average molecular weight is 267 g/mol. The topological polar surface area (TPSA) is 12.9 Å². The second kappa shape index (κ2) is 6.69. The molecule has 2 rings (SSSR count). The molecular formula is C19H25N. The molecule has 0 aliphatic carbocycles. The molecule has 0 aliphatic rings. The molecule has 1 atom stereocenters. The molecule has 0 N–H and O–H groups in total. The summed E-state index contributed by atoms with van der Waals surface area (Å²) in [6.07, 6.45) is 3.29. The highest BCUT2D eigenvalue weighted by molar-refractivity contribution is 5.32. The maximum absolute atomic E-state index is 4.81. The summed E-state index contributed by atoms with van der Waals surface area (Å²) in [6.45, 7) is 8.84. The standard InChI is InChI=1S/C19H25N/c1-5-7-18-8-6-9-19(20-18)16(4)13-17-12-14(2)10-11-15(17)3/h6,8-12,16H,5,7,13H2,1-4H3. The van der Waals surface area contributed by atoms with Crippen LogP contribution >= 0.6 is 0 Å². The minimum absolute atomic E-state index is 0.465. The quantitative estimate of drug-likeness (QED) is 0.743. The fraction of sp³-hybridized carbons (Fsp3) is 0.421. The molecule has 0 saturated carbocycles. The summed E-state index contributed by atoms with van der Waals surface area (Å²) in [5.41, 5.74) is 6.60. The number of rotatable bonds is 5. The monoisotopic (exact) mass is 267 g/mol. The predicted molar refractivity (Wildman–Crippen MR) is 86.3 cm³/mol. The number of hydrogen-bond donors (Lipinski definition) is 0. The first-order valence-electron chi connectivity index (χ1n) is 7.62. The van der Waals surface area contributed by atoms with E-state index in [1.165, 1.54) is 28.1 Å². The molecule has 1 aromatic carbocycles. The van der Waals surface area contributed by atoms with Gasteiger partial charge in [0.15, 0.2) is 0 Å². The number of benzene rings is 1. The van der Waals surface area contributed by atoms with Gasteiger partial charge in [-0.3, -0.25) is 4.98 Å². The van der Waals surface area contributed by atoms with Crippen molar-refractivity contribution in [2.45, 2.75) is 52.9 Å². The molecule has 2 aromatic rings. The van der Waals surface area contributed by atoms with Gasteiger partial charge < -0.3 is 0 Å². The molecule has 106 valence electrons. The van der Waals surface area contributed by atoms with Gasteiger partial charge in [0.05, 0.1) is 0 Å². The summed E-state index contributed by atoms with van der Waals surface area (Å²) in [7, 11) is 0. The lowest BCUT2D eigenvalue weighted by Gasteiger charge is -2.14. The number of aromatic nitrogens is 1. The van der Waals surface area contributed by atoms with E-state index < -0.39 is 0 Å². The first-order valence-corrected chi connectivity index (χ1v) is 7.62. The summed E-state index contributed by atoms with van der Waals surface area (Å²) in [5, 5.41) is 0. The first kappa shape index (κ1) is 14.8. The maximum Gasteiger partial charge on any atom is 0.0438 e. The zero-order chi connectivity index (χ0) is 14.5. The molecule has 1 unspecified atom stereocenters. The van der Waals surface area contributed by atoms with Gasteiger partial charge >= 0.3 is 0 Å². The highest BCUT2D eigenvalue weighted by atomic mass is 14.7. The van der Waals surface area contributed by atoms with Gasteiger partial charge in [-0.1, -0.05) is 50.1 Å². The fourth-order valence-corrected chi connectivity index (χ4v) is 2.62. The average Bonchev–Trinajstić information content (AvgIpc) is 2.43. The number of pyridine rings is 1. The number of hydrogen-bond acceptors (Lipinski definition) is 1. The maximum atomic E-state index is 4.81. The van der Waals surface area contributed by atoms with Crippen molar-refractivity contribution in [3.8, 4) is 0 Å². The van der Waals surface area contributed by atoms with E-state index in [0.29, 0.717) is 5.92 Å². The zero-order valence-corrected chi connectivity index (χ0v) is 13.1. The van der Waals surface area contributed by atoms with Crippen LogP contribution in [0.3, 0.4) is 0 Å². The third kappa shape index (κ3) is 3.69. The van der Waals surface area contributed by atoms with Crippen molar-refractivity contribution >= 4 is 0 Å². The highest BCUT2D eigenvalue weighted by Gasteiger charge is 2.10. The SMILES string of the molecule is CCCc1cccc(C(C)Cc2cc(C)ccc2C)n1. The molecule has 0 aliphatic heterocycles. The lowest BCUT2D eigenvalue weighted by Crippen LogP contribution is -2.04. The Hall–Kier alpha value is -1.63. The highest BCUT2D eigenvalue weighted by Crippen LogP contribution is 2.22. The van der Waals surface area contributed by atoms with Crippen LogP contribution in [0.25, 0.3) is 0 Å². The van der Waals surface area contributed by atoms with Gasteiger partial charge in [-0.15, -0.1) is 0 Å². The molecule has 1 aromatic heterocycles. The van der Waals surface area contributed by atoms with Gasteiger partial charge in [0.2, 0.25) is 0 Å². The summed E-state index contributed by atoms with van der Waals surface area (Å²) >= 11 is 0. The van der Waals surface area contributed by atoms with E-state index >= 15 is 0 Å². The second-order valence-corrected chi connectivity index (χ2v) is 5.84. The summed E-state index contributed by atoms with van der Waals surface area (Å²) in [5.74, 6) is 0.465. The Morgan fingerprint density at radius 2 is 1.90 bits per heavy atom. The third-order valence-electron chi connectivity index (χ3n) is 3.87. The van der Waals surface area contributed by atoms with Crippen LogP contribution in [-0.4, -0.2) is 4.98 Å². The van der Waals surface area contributed by atoms with E-state index in [-0.39, 0.29) is 0 Å². The third-order valence-corrected chi connectivity index (χ3v) is 3.87. The summed E-state index contributed by atoms with van der Waals surface area (Å²) in [4.78, 5) is 4.81. The van der Waals surface area contributed by atoms with Crippen LogP contribution in [0.2, 0.25) is 0 Å². The Kier molecular flexibility index (Phi) is 4.94. The Bertz CT molecular complexity index is 572. The van der Waals surface area contributed by atoms with E-state index in [9.17, 15) is 0 Å². The molecule has 0 saturated heterocycles. The van der Waals surface area contributed by atoms with Gasteiger partial charge in [0, 0.05) is 17.3 Å². The molecule has 0 radical (unpaired) electrons. The minimum atomic E-state index is 0.465. The van der Waals surface area contributed by atoms with Crippen LogP contribution in [0.4, 0.5) is 0 Å². The molecule has 1 heteroatoms. The van der Waals surface area contributed by atoms with Crippen LogP contribution in [0.5, 0.6) is 0 Å². The molecule has 0 amide bonds. The molecule has 0 fully saturated rings. The Morgan fingerprint density at radius 1 is 1.10 bits per heavy atom. The van der Waals surface area contributed by atoms with Crippen molar-refractivity contribution in [2.24, 2.45) is 0 Å². The van der Waals surface area contributed by atoms with Crippen molar-refractivity contribution < 1.29 is 0 Å². The second-order valence-electron chi connectivity index (χ2n) is 5.84. The lowest BCUT2D eigenvalue weighted by atomic mass is 9.93. The molecule has 1 heterocycles. The Labute approximate surface area is 123 Å². The van der Waals surface area contributed by atoms with Crippen molar-refractivity contribution in [2.75, 3.05) is 0 Å². The first-order chi connectivity index (χ1) is 9.60. The largest absolute Gasteiger partial charge is 0.258 e. The van der Waals surface area contributed by atoms with Gasteiger partial charge in [0.25, 0.3) is 0 Å². The fourth-order valence-electron chi connectivity index (χ4n) is 2.62. The van der Waals surface area contributed by atoms with Crippen molar-refractivity contribution in [3.05, 3.63) is 64.5 Å². The van der Waals surface area contributed by atoms with E-state index in [1.807, 2.05) is 0 Å². The van der Waals surface area contributed by atoms with E-state index in [1.54, 1.807) is 0 Å². The van der Waals surface area contributed by atoms with Gasteiger partial charge in [-0.2, -0.15) is 0 Å². The van der Waals surface area contributed by atoms with Crippen LogP contribution in [0.1, 0.15) is 54.3 Å². The Morgan fingerprint density at radius 3 is 2.65 bits per heavy atom. The normalized spacial score (nSPS) is 12.4. The van der Waals surface area contributed by atoms with Crippen LogP contribution in [0.15, 0.2) is 36.4 Å². The van der Waals surface area contributed by atoms with Crippen LogP contribution in [0, 0.1) is 13.8 Å². The van der Waals surface area contributed by atoms with E-state index in [2.05, 4.69) is 64.1 Å². The van der Waals surface area contributed by atoms with Crippen LogP contribution in [-0.2, 0) is 12.8 Å². The van der Waals surface area contributed by atoms with Crippen LogP contribution < -0.4 is 0 Å². The Balaban J connectivity index is 2.17. The molecule has 0 spiro atoms. The van der Waals surface area contributed by atoms with Crippen molar-refractivity contribution in [1.29, 1.82) is 0 Å². The number of aryl methyl sites for hydroxylation is 3. The smallest absolute Gasteiger partial charge is 0.0438 e. The molecule has 1 nitrogen and oxygen atoms in total. The predicted octanol–water partition coefficient (Wildman–Crippen LogP) is 5.00. The number of nitrogens with zero attached hydrogens (tertiary/aromatic N) is 1. The summed E-state index contributed by atoms with van der Waals surface area (Å²) in [6, 6.07) is 13.2. The minimum Gasteiger partial charge on any atom is -0.258 e. The summed E-state index contributed by atoms with van der Waals surface area (Å²) < 4.78 is 0.